The van der Waals surface area contributed by atoms with Crippen LogP contribution in [0.4, 0.5) is 14.9 Å². The molecule has 8 heteroatoms. The highest BCUT2D eigenvalue weighted by atomic mass is 35.5. The van der Waals surface area contributed by atoms with E-state index >= 15 is 0 Å². The summed E-state index contributed by atoms with van der Waals surface area (Å²) in [6.45, 7) is 3.55. The standard InChI is InChI=1S/C21H22Cl2FN3O2/c1-11(13-5-7-15(8-6-13)27-20(28)14-3-4-14)25-21(29)26-12(2)16-9-19(24)18(23)10-17(16)22/h5-12,14H,3-4H2,1-2H3,(H,27,28)(H2,25,26,29). The van der Waals surface area contributed by atoms with Crippen LogP contribution in [0.3, 0.4) is 0 Å². The van der Waals surface area contributed by atoms with Gasteiger partial charge in [-0.05, 0) is 62.1 Å². The zero-order valence-corrected chi connectivity index (χ0v) is 17.6. The van der Waals surface area contributed by atoms with Gasteiger partial charge in [0.15, 0.2) is 0 Å². The number of anilines is 1. The molecule has 1 aliphatic carbocycles. The first-order valence-electron chi connectivity index (χ1n) is 9.37. The normalized spacial score (nSPS) is 15.3. The third-order valence-corrected chi connectivity index (χ3v) is 5.44. The van der Waals surface area contributed by atoms with E-state index in [2.05, 4.69) is 16.0 Å². The summed E-state index contributed by atoms with van der Waals surface area (Å²) in [5, 5.41) is 8.66. The van der Waals surface area contributed by atoms with Gasteiger partial charge in [0, 0.05) is 16.6 Å². The lowest BCUT2D eigenvalue weighted by molar-refractivity contribution is -0.117. The van der Waals surface area contributed by atoms with Crippen LogP contribution in [0.1, 0.15) is 49.9 Å². The van der Waals surface area contributed by atoms with E-state index in [0.29, 0.717) is 5.56 Å². The Hall–Kier alpha value is -2.31. The minimum atomic E-state index is -0.595. The quantitative estimate of drug-likeness (QED) is 0.514. The van der Waals surface area contributed by atoms with Crippen LogP contribution in [0.2, 0.25) is 10.0 Å². The van der Waals surface area contributed by atoms with E-state index in [1.165, 1.54) is 12.1 Å². The Bertz CT molecular complexity index is 917. The number of benzene rings is 2. The van der Waals surface area contributed by atoms with Crippen molar-refractivity contribution in [1.29, 1.82) is 0 Å². The number of carbonyl (C=O) groups excluding carboxylic acids is 2. The van der Waals surface area contributed by atoms with Gasteiger partial charge in [-0.25, -0.2) is 9.18 Å². The molecule has 0 radical (unpaired) electrons. The average molecular weight is 438 g/mol. The van der Waals surface area contributed by atoms with Gasteiger partial charge >= 0.3 is 6.03 Å². The number of amides is 3. The van der Waals surface area contributed by atoms with Crippen molar-refractivity contribution < 1.29 is 14.0 Å². The third-order valence-electron chi connectivity index (χ3n) is 4.83. The van der Waals surface area contributed by atoms with Gasteiger partial charge in [-0.1, -0.05) is 35.3 Å². The van der Waals surface area contributed by atoms with E-state index in [-0.39, 0.29) is 27.9 Å². The summed E-state index contributed by atoms with van der Waals surface area (Å²) in [7, 11) is 0. The van der Waals surface area contributed by atoms with Crippen molar-refractivity contribution in [3.63, 3.8) is 0 Å². The monoisotopic (exact) mass is 437 g/mol. The zero-order valence-electron chi connectivity index (χ0n) is 16.1. The van der Waals surface area contributed by atoms with Crippen molar-refractivity contribution in [3.05, 3.63) is 63.4 Å². The van der Waals surface area contributed by atoms with E-state index in [1.807, 2.05) is 31.2 Å². The number of halogens is 3. The van der Waals surface area contributed by atoms with Crippen molar-refractivity contribution in [1.82, 2.24) is 10.6 Å². The molecule has 3 N–H and O–H groups in total. The summed E-state index contributed by atoms with van der Waals surface area (Å²) in [6.07, 6.45) is 1.90. The molecular formula is C21H22Cl2FN3O2. The van der Waals surface area contributed by atoms with Crippen LogP contribution >= 0.6 is 23.2 Å². The lowest BCUT2D eigenvalue weighted by Gasteiger charge is -2.20. The van der Waals surface area contributed by atoms with Crippen molar-refractivity contribution >= 4 is 40.8 Å². The SMILES string of the molecule is CC(NC(=O)NC(C)c1cc(F)c(Cl)cc1Cl)c1ccc(NC(=O)C2CC2)cc1. The van der Waals surface area contributed by atoms with Gasteiger partial charge in [0.2, 0.25) is 5.91 Å². The van der Waals surface area contributed by atoms with Gasteiger partial charge < -0.3 is 16.0 Å². The molecule has 3 amide bonds. The Morgan fingerprint density at radius 2 is 1.62 bits per heavy atom. The second kappa shape index (κ2) is 9.01. The highest BCUT2D eigenvalue weighted by Crippen LogP contribution is 2.30. The van der Waals surface area contributed by atoms with E-state index in [9.17, 15) is 14.0 Å². The van der Waals surface area contributed by atoms with Crippen LogP contribution in [-0.4, -0.2) is 11.9 Å². The van der Waals surface area contributed by atoms with Crippen LogP contribution in [-0.2, 0) is 4.79 Å². The lowest BCUT2D eigenvalue weighted by atomic mass is 10.1. The molecule has 0 heterocycles. The number of hydrogen-bond acceptors (Lipinski definition) is 2. The zero-order chi connectivity index (χ0) is 21.1. The van der Waals surface area contributed by atoms with Crippen LogP contribution in [0.5, 0.6) is 0 Å². The van der Waals surface area contributed by atoms with Crippen molar-refractivity contribution in [3.8, 4) is 0 Å². The third kappa shape index (κ3) is 5.61. The summed E-state index contributed by atoms with van der Waals surface area (Å²) in [6, 6.07) is 8.65. The molecular weight excluding hydrogens is 416 g/mol. The summed E-state index contributed by atoms with van der Waals surface area (Å²) < 4.78 is 13.7. The molecule has 0 bridgehead atoms. The topological polar surface area (TPSA) is 70.2 Å². The predicted octanol–water partition coefficient (Wildman–Crippen LogP) is 5.60. The molecule has 3 rings (SSSR count). The Morgan fingerprint density at radius 3 is 2.24 bits per heavy atom. The fourth-order valence-corrected chi connectivity index (χ4v) is 3.46. The first-order chi connectivity index (χ1) is 13.7. The number of hydrogen-bond donors (Lipinski definition) is 3. The Labute approximate surface area is 179 Å². The van der Waals surface area contributed by atoms with Crippen LogP contribution in [0.15, 0.2) is 36.4 Å². The summed E-state index contributed by atoms with van der Waals surface area (Å²) in [4.78, 5) is 24.1. The Morgan fingerprint density at radius 1 is 1.00 bits per heavy atom. The van der Waals surface area contributed by atoms with E-state index in [4.69, 9.17) is 23.2 Å². The molecule has 154 valence electrons. The smallest absolute Gasteiger partial charge is 0.315 e. The second-order valence-corrected chi connectivity index (χ2v) is 8.05. The maximum atomic E-state index is 13.7. The summed E-state index contributed by atoms with van der Waals surface area (Å²) in [5.41, 5.74) is 2.05. The molecule has 0 aromatic heterocycles. The van der Waals surface area contributed by atoms with Crippen molar-refractivity contribution in [2.75, 3.05) is 5.32 Å². The summed E-state index contributed by atoms with van der Waals surface area (Å²) in [5.74, 6) is -0.402. The Balaban J connectivity index is 1.55. The number of urea groups is 1. The molecule has 2 aromatic rings. The molecule has 2 atom stereocenters. The number of carbonyl (C=O) groups is 2. The molecule has 5 nitrogen and oxygen atoms in total. The van der Waals surface area contributed by atoms with Gasteiger partial charge in [-0.3, -0.25) is 4.79 Å². The first kappa shape index (κ1) is 21.4. The van der Waals surface area contributed by atoms with Crippen LogP contribution < -0.4 is 16.0 Å². The van der Waals surface area contributed by atoms with Crippen molar-refractivity contribution in [2.24, 2.45) is 5.92 Å². The first-order valence-corrected chi connectivity index (χ1v) is 10.1. The number of nitrogens with one attached hydrogen (secondary N) is 3. The molecule has 0 saturated heterocycles. The molecule has 2 aromatic carbocycles. The van der Waals surface area contributed by atoms with E-state index in [0.717, 1.165) is 24.1 Å². The number of rotatable bonds is 6. The molecule has 1 saturated carbocycles. The molecule has 2 unspecified atom stereocenters. The fourth-order valence-electron chi connectivity index (χ4n) is 2.91. The predicted molar refractivity (Wildman–Crippen MR) is 113 cm³/mol. The van der Waals surface area contributed by atoms with E-state index in [1.54, 1.807) is 6.92 Å². The van der Waals surface area contributed by atoms with Gasteiger partial charge in [0.25, 0.3) is 0 Å². The largest absolute Gasteiger partial charge is 0.332 e. The maximum absolute atomic E-state index is 13.7. The van der Waals surface area contributed by atoms with E-state index < -0.39 is 17.9 Å². The fraction of sp³-hybridized carbons (Fsp3) is 0.333. The van der Waals surface area contributed by atoms with Gasteiger partial charge in [0.05, 0.1) is 17.1 Å². The molecule has 0 aliphatic heterocycles. The summed E-state index contributed by atoms with van der Waals surface area (Å²) >= 11 is 11.8. The lowest BCUT2D eigenvalue weighted by Crippen LogP contribution is -2.38. The van der Waals surface area contributed by atoms with Gasteiger partial charge in [0.1, 0.15) is 5.82 Å². The maximum Gasteiger partial charge on any atom is 0.315 e. The van der Waals surface area contributed by atoms with Crippen LogP contribution in [0.25, 0.3) is 0 Å². The van der Waals surface area contributed by atoms with Gasteiger partial charge in [-0.2, -0.15) is 0 Å². The Kier molecular flexibility index (Phi) is 6.65. The molecule has 1 fully saturated rings. The highest BCUT2D eigenvalue weighted by molar-refractivity contribution is 6.35. The average Bonchev–Trinajstić information content (AvgIpc) is 3.50. The minimum absolute atomic E-state index is 0.0505. The molecule has 1 aliphatic rings. The minimum Gasteiger partial charge on any atom is -0.332 e. The van der Waals surface area contributed by atoms with Crippen molar-refractivity contribution in [2.45, 2.75) is 38.8 Å². The second-order valence-electron chi connectivity index (χ2n) is 7.23. The van der Waals surface area contributed by atoms with Gasteiger partial charge in [-0.15, -0.1) is 0 Å². The molecule has 0 spiro atoms. The van der Waals surface area contributed by atoms with Crippen LogP contribution in [0, 0.1) is 11.7 Å². The highest BCUT2D eigenvalue weighted by Gasteiger charge is 2.29. The molecule has 29 heavy (non-hydrogen) atoms.